The quantitative estimate of drug-likeness (QED) is 0.272. The molecule has 1 aliphatic heterocycles. The number of hydrogen-bond acceptors (Lipinski definition) is 4. The maximum Gasteiger partial charge on any atom is 0.227 e. The maximum atomic E-state index is 13.5. The Morgan fingerprint density at radius 2 is 1.78 bits per heavy atom. The fraction of sp³-hybridized carbons (Fsp3) is 0.353. The SMILES string of the molecule is CNC(=O)C(c1cccc(C)c1)C1CCN(C(=O)CCc2c(-c3ccc(OC)cc3OC)[nH]c3ccccc23)CC1. The van der Waals surface area contributed by atoms with E-state index in [0.29, 0.717) is 31.7 Å². The minimum Gasteiger partial charge on any atom is -0.497 e. The number of piperidine rings is 1. The van der Waals surface area contributed by atoms with Crippen LogP contribution < -0.4 is 14.8 Å². The van der Waals surface area contributed by atoms with Gasteiger partial charge in [-0.3, -0.25) is 9.59 Å². The molecule has 0 saturated carbocycles. The molecule has 1 unspecified atom stereocenters. The zero-order chi connectivity index (χ0) is 28.9. The number of rotatable bonds is 9. The van der Waals surface area contributed by atoms with Crippen LogP contribution in [0.2, 0.25) is 0 Å². The summed E-state index contributed by atoms with van der Waals surface area (Å²) in [5, 5.41) is 3.97. The number of benzene rings is 3. The average molecular weight is 554 g/mol. The zero-order valence-electron chi connectivity index (χ0n) is 24.3. The highest BCUT2D eigenvalue weighted by Crippen LogP contribution is 2.39. The molecule has 2 heterocycles. The zero-order valence-corrected chi connectivity index (χ0v) is 24.3. The lowest BCUT2D eigenvalue weighted by Gasteiger charge is -2.36. The van der Waals surface area contributed by atoms with Crippen molar-refractivity contribution in [3.63, 3.8) is 0 Å². The number of carbonyl (C=O) groups is 2. The second-order valence-electron chi connectivity index (χ2n) is 10.8. The Hall–Kier alpha value is -4.26. The molecule has 0 aliphatic carbocycles. The van der Waals surface area contributed by atoms with E-state index in [1.165, 1.54) is 0 Å². The Morgan fingerprint density at radius 3 is 2.49 bits per heavy atom. The van der Waals surface area contributed by atoms with Crippen molar-refractivity contribution < 1.29 is 19.1 Å². The van der Waals surface area contributed by atoms with Crippen molar-refractivity contribution >= 4 is 22.7 Å². The number of amides is 2. The molecule has 0 radical (unpaired) electrons. The monoisotopic (exact) mass is 553 g/mol. The van der Waals surface area contributed by atoms with Gasteiger partial charge in [0.15, 0.2) is 0 Å². The summed E-state index contributed by atoms with van der Waals surface area (Å²) in [6.07, 6.45) is 2.63. The molecule has 1 atom stereocenters. The molecule has 7 heteroatoms. The molecule has 4 aromatic rings. The van der Waals surface area contributed by atoms with Gasteiger partial charge in [-0.2, -0.15) is 0 Å². The number of aryl methyl sites for hydroxylation is 2. The van der Waals surface area contributed by atoms with E-state index in [9.17, 15) is 9.59 Å². The number of para-hydroxylation sites is 1. The lowest BCUT2D eigenvalue weighted by molar-refractivity contribution is -0.132. The summed E-state index contributed by atoms with van der Waals surface area (Å²) in [5.41, 5.74) is 6.22. The van der Waals surface area contributed by atoms with E-state index in [0.717, 1.165) is 57.4 Å². The first-order valence-electron chi connectivity index (χ1n) is 14.3. The van der Waals surface area contributed by atoms with Crippen molar-refractivity contribution in [3.8, 4) is 22.8 Å². The number of hydrogen-bond donors (Lipinski definition) is 2. The highest BCUT2D eigenvalue weighted by molar-refractivity contribution is 5.92. The van der Waals surface area contributed by atoms with Crippen LogP contribution in [0, 0.1) is 12.8 Å². The molecular weight excluding hydrogens is 514 g/mol. The van der Waals surface area contributed by atoms with Gasteiger partial charge in [0.2, 0.25) is 11.8 Å². The number of ether oxygens (including phenoxy) is 2. The average Bonchev–Trinajstić information content (AvgIpc) is 3.38. The van der Waals surface area contributed by atoms with Crippen LogP contribution in [0.4, 0.5) is 0 Å². The molecule has 2 N–H and O–H groups in total. The molecule has 214 valence electrons. The molecule has 1 aromatic heterocycles. The molecule has 5 rings (SSSR count). The van der Waals surface area contributed by atoms with Gasteiger partial charge in [0.1, 0.15) is 11.5 Å². The van der Waals surface area contributed by atoms with Crippen molar-refractivity contribution in [3.05, 3.63) is 83.4 Å². The fourth-order valence-corrected chi connectivity index (χ4v) is 6.22. The number of fused-ring (bicyclic) bond motifs is 1. The summed E-state index contributed by atoms with van der Waals surface area (Å²) in [6, 6.07) is 22.2. The molecule has 3 aromatic carbocycles. The number of likely N-dealkylation sites (N-methyl/N-ethyl adjacent to an activating group) is 1. The topological polar surface area (TPSA) is 83.7 Å². The van der Waals surface area contributed by atoms with Crippen molar-refractivity contribution in [1.29, 1.82) is 0 Å². The highest BCUT2D eigenvalue weighted by atomic mass is 16.5. The Morgan fingerprint density at radius 1 is 1.00 bits per heavy atom. The van der Waals surface area contributed by atoms with Crippen LogP contribution >= 0.6 is 0 Å². The number of nitrogens with one attached hydrogen (secondary N) is 2. The first-order chi connectivity index (χ1) is 19.9. The first-order valence-corrected chi connectivity index (χ1v) is 14.3. The summed E-state index contributed by atoms with van der Waals surface area (Å²) in [4.78, 5) is 31.9. The second kappa shape index (κ2) is 12.5. The van der Waals surface area contributed by atoms with Gasteiger partial charge in [0.05, 0.1) is 25.8 Å². The summed E-state index contributed by atoms with van der Waals surface area (Å²) < 4.78 is 11.1. The Balaban J connectivity index is 1.31. The van der Waals surface area contributed by atoms with E-state index in [1.54, 1.807) is 21.3 Å². The fourth-order valence-electron chi connectivity index (χ4n) is 6.22. The largest absolute Gasteiger partial charge is 0.497 e. The normalized spacial score (nSPS) is 14.6. The van der Waals surface area contributed by atoms with Crippen molar-refractivity contribution in [2.24, 2.45) is 5.92 Å². The Bertz CT molecular complexity index is 1530. The van der Waals surface area contributed by atoms with Gasteiger partial charge in [-0.1, -0.05) is 48.0 Å². The number of methoxy groups -OCH3 is 2. The molecule has 1 aliphatic rings. The maximum absolute atomic E-state index is 13.5. The number of nitrogens with zero attached hydrogens (tertiary/aromatic N) is 1. The van der Waals surface area contributed by atoms with E-state index in [2.05, 4.69) is 41.5 Å². The van der Waals surface area contributed by atoms with Crippen LogP contribution in [0.3, 0.4) is 0 Å². The van der Waals surface area contributed by atoms with Crippen molar-refractivity contribution in [1.82, 2.24) is 15.2 Å². The molecule has 41 heavy (non-hydrogen) atoms. The number of aromatic nitrogens is 1. The minimum absolute atomic E-state index is 0.0428. The number of H-pyrrole nitrogens is 1. The van der Waals surface area contributed by atoms with E-state index in [-0.39, 0.29) is 23.7 Å². The summed E-state index contributed by atoms with van der Waals surface area (Å²) >= 11 is 0. The summed E-state index contributed by atoms with van der Waals surface area (Å²) in [6.45, 7) is 3.38. The van der Waals surface area contributed by atoms with Gasteiger partial charge in [-0.25, -0.2) is 0 Å². The van der Waals surface area contributed by atoms with Gasteiger partial charge >= 0.3 is 0 Å². The Kier molecular flexibility index (Phi) is 8.62. The molecule has 0 bridgehead atoms. The number of likely N-dealkylation sites (tertiary alicyclic amines) is 1. The van der Waals surface area contributed by atoms with Gasteiger partial charge in [-0.05, 0) is 61.4 Å². The van der Waals surface area contributed by atoms with Crippen LogP contribution in [-0.2, 0) is 16.0 Å². The minimum atomic E-state index is -0.203. The number of carbonyl (C=O) groups excluding carboxylic acids is 2. The van der Waals surface area contributed by atoms with Crippen LogP contribution in [0.5, 0.6) is 11.5 Å². The van der Waals surface area contributed by atoms with Crippen LogP contribution in [0.1, 0.15) is 41.9 Å². The third-order valence-corrected chi connectivity index (χ3v) is 8.37. The lowest BCUT2D eigenvalue weighted by atomic mass is 9.79. The van der Waals surface area contributed by atoms with Gasteiger partial charge < -0.3 is 24.7 Å². The predicted octanol–water partition coefficient (Wildman–Crippen LogP) is 5.86. The summed E-state index contributed by atoms with van der Waals surface area (Å²) in [5.74, 6) is 1.62. The molecule has 2 amide bonds. The highest BCUT2D eigenvalue weighted by Gasteiger charge is 2.33. The third kappa shape index (κ3) is 5.94. The van der Waals surface area contributed by atoms with Crippen molar-refractivity contribution in [2.45, 2.75) is 38.5 Å². The van der Waals surface area contributed by atoms with E-state index in [4.69, 9.17) is 9.47 Å². The van der Waals surface area contributed by atoms with E-state index < -0.39 is 0 Å². The first kappa shape index (κ1) is 28.3. The van der Waals surface area contributed by atoms with Crippen molar-refractivity contribution in [2.75, 3.05) is 34.4 Å². The van der Waals surface area contributed by atoms with Crippen LogP contribution in [-0.4, -0.2) is 56.1 Å². The molecular formula is C34H39N3O4. The summed E-state index contributed by atoms with van der Waals surface area (Å²) in [7, 11) is 4.99. The van der Waals surface area contributed by atoms with Gasteiger partial charge in [0.25, 0.3) is 0 Å². The predicted molar refractivity (Wildman–Crippen MR) is 162 cm³/mol. The van der Waals surface area contributed by atoms with Gasteiger partial charge in [-0.15, -0.1) is 0 Å². The standard InChI is InChI=1S/C34H39N3O4/c1-22-8-7-9-24(20-22)32(34(39)35-2)23-16-18-37(19-17-23)31(38)15-14-27-26-10-5-6-11-29(26)36-33(27)28-13-12-25(40-3)21-30(28)41-4/h5-13,20-21,23,32,36H,14-19H2,1-4H3,(H,35,39). The number of aromatic amines is 1. The van der Waals surface area contributed by atoms with Gasteiger partial charge in [0, 0.05) is 49.1 Å². The second-order valence-corrected chi connectivity index (χ2v) is 10.8. The smallest absolute Gasteiger partial charge is 0.227 e. The molecule has 0 spiro atoms. The third-order valence-electron chi connectivity index (χ3n) is 8.37. The van der Waals surface area contributed by atoms with Crippen LogP contribution in [0.15, 0.2) is 66.7 Å². The van der Waals surface area contributed by atoms with E-state index >= 15 is 0 Å². The molecule has 1 fully saturated rings. The van der Waals surface area contributed by atoms with Crippen LogP contribution in [0.25, 0.3) is 22.2 Å². The molecule has 1 saturated heterocycles. The lowest BCUT2D eigenvalue weighted by Crippen LogP contribution is -2.42. The van der Waals surface area contributed by atoms with E-state index in [1.807, 2.05) is 47.4 Å². The Labute approximate surface area is 241 Å². The molecule has 7 nitrogen and oxygen atoms in total.